The first-order chi connectivity index (χ1) is 8.57. The first kappa shape index (κ1) is 15.3. The Balaban J connectivity index is 2.55. The van der Waals surface area contributed by atoms with E-state index >= 15 is 0 Å². The second-order valence-corrected chi connectivity index (χ2v) is 6.48. The molecule has 5 heteroatoms. The summed E-state index contributed by atoms with van der Waals surface area (Å²) >= 11 is 5.52. The third-order valence-electron chi connectivity index (χ3n) is 2.56. The number of alkyl halides is 1. The molecule has 0 aliphatic heterocycles. The Morgan fingerprint density at radius 3 is 2.39 bits per heavy atom. The zero-order valence-corrected chi connectivity index (χ0v) is 12.2. The highest BCUT2D eigenvalue weighted by atomic mass is 35.5. The lowest BCUT2D eigenvalue weighted by molar-refractivity contribution is 0.598. The summed E-state index contributed by atoms with van der Waals surface area (Å²) in [5, 5.41) is 0. The normalized spacial score (nSPS) is 11.4. The van der Waals surface area contributed by atoms with Crippen molar-refractivity contribution in [3.05, 3.63) is 29.8 Å². The molecule has 3 nitrogen and oxygen atoms in total. The maximum atomic E-state index is 11.7. The van der Waals surface area contributed by atoms with Gasteiger partial charge in [-0.1, -0.05) is 25.5 Å². The van der Waals surface area contributed by atoms with E-state index in [0.29, 0.717) is 18.0 Å². The van der Waals surface area contributed by atoms with Crippen molar-refractivity contribution in [2.24, 2.45) is 0 Å². The molecule has 1 N–H and O–H groups in total. The molecular formula is C13H20ClNO2S. The monoisotopic (exact) mass is 289 g/mol. The van der Waals surface area contributed by atoms with Gasteiger partial charge in [0.2, 0.25) is 10.0 Å². The van der Waals surface area contributed by atoms with Crippen LogP contribution in [0.2, 0.25) is 0 Å². The van der Waals surface area contributed by atoms with Gasteiger partial charge >= 0.3 is 0 Å². The number of nitrogens with one attached hydrogen (secondary N) is 1. The fraction of sp³-hybridized carbons (Fsp3) is 0.538. The number of unbranched alkanes of at least 4 members (excludes halogenated alkanes) is 1. The average molecular weight is 290 g/mol. The molecule has 18 heavy (non-hydrogen) atoms. The van der Waals surface area contributed by atoms with E-state index in [4.69, 9.17) is 11.6 Å². The van der Waals surface area contributed by atoms with Gasteiger partial charge in [-0.05, 0) is 37.0 Å². The Bertz CT molecular complexity index is 443. The minimum atomic E-state index is -3.24. The molecule has 0 aliphatic carbocycles. The summed E-state index contributed by atoms with van der Waals surface area (Å²) in [5.74, 6) is 0.623. The van der Waals surface area contributed by atoms with Crippen molar-refractivity contribution in [3.8, 4) is 0 Å². The van der Waals surface area contributed by atoms with Crippen molar-refractivity contribution in [2.75, 3.05) is 16.4 Å². The Labute approximate surface area is 115 Å². The van der Waals surface area contributed by atoms with Crippen LogP contribution in [0.1, 0.15) is 31.7 Å². The van der Waals surface area contributed by atoms with Gasteiger partial charge < -0.3 is 0 Å². The molecule has 0 spiro atoms. The first-order valence-electron chi connectivity index (χ1n) is 6.23. The fourth-order valence-electron chi connectivity index (χ4n) is 1.65. The van der Waals surface area contributed by atoms with Crippen LogP contribution in [-0.2, 0) is 16.4 Å². The van der Waals surface area contributed by atoms with Crippen LogP contribution >= 0.6 is 11.6 Å². The minimum absolute atomic E-state index is 0.121. The summed E-state index contributed by atoms with van der Waals surface area (Å²) in [6, 6.07) is 7.54. The van der Waals surface area contributed by atoms with Crippen molar-refractivity contribution in [2.45, 2.75) is 32.6 Å². The molecule has 1 aromatic carbocycles. The Morgan fingerprint density at radius 2 is 1.83 bits per heavy atom. The molecule has 0 saturated carbocycles. The summed E-state index contributed by atoms with van der Waals surface area (Å²) in [4.78, 5) is 0. The lowest BCUT2D eigenvalue weighted by Crippen LogP contribution is -2.16. The molecule has 0 aromatic heterocycles. The number of benzene rings is 1. The number of aryl methyl sites for hydroxylation is 1. The summed E-state index contributed by atoms with van der Waals surface area (Å²) in [7, 11) is -3.24. The van der Waals surface area contributed by atoms with Gasteiger partial charge in [0.25, 0.3) is 0 Å². The number of hydrogen-bond donors (Lipinski definition) is 1. The molecule has 0 aliphatic rings. The third kappa shape index (κ3) is 5.74. The third-order valence-corrected chi connectivity index (χ3v) is 4.20. The highest BCUT2D eigenvalue weighted by Crippen LogP contribution is 2.13. The maximum Gasteiger partial charge on any atom is 0.232 e. The van der Waals surface area contributed by atoms with Crippen LogP contribution in [0.5, 0.6) is 0 Å². The van der Waals surface area contributed by atoms with E-state index < -0.39 is 10.0 Å². The van der Waals surface area contributed by atoms with Gasteiger partial charge in [-0.2, -0.15) is 0 Å². The Hall–Kier alpha value is -0.740. The standard InChI is InChI=1S/C13H20ClNO2S/c1-2-5-12-6-8-13(9-7-12)15-18(16,17)11-4-3-10-14/h6-9,15H,2-5,10-11H2,1H3. The largest absolute Gasteiger partial charge is 0.284 e. The lowest BCUT2D eigenvalue weighted by atomic mass is 10.1. The van der Waals surface area contributed by atoms with Gasteiger partial charge in [0.1, 0.15) is 0 Å². The second-order valence-electron chi connectivity index (χ2n) is 4.26. The van der Waals surface area contributed by atoms with E-state index in [1.54, 1.807) is 0 Å². The lowest BCUT2D eigenvalue weighted by Gasteiger charge is -2.08. The van der Waals surface area contributed by atoms with E-state index in [1.165, 1.54) is 5.56 Å². The van der Waals surface area contributed by atoms with E-state index in [-0.39, 0.29) is 5.75 Å². The molecule has 1 aromatic rings. The number of halogens is 1. The second kappa shape index (κ2) is 7.64. The number of sulfonamides is 1. The molecule has 0 radical (unpaired) electrons. The van der Waals surface area contributed by atoms with Crippen LogP contribution in [0.15, 0.2) is 24.3 Å². The Morgan fingerprint density at radius 1 is 1.17 bits per heavy atom. The highest BCUT2D eigenvalue weighted by molar-refractivity contribution is 7.92. The van der Waals surface area contributed by atoms with Crippen LogP contribution in [0.3, 0.4) is 0 Å². The average Bonchev–Trinajstić information content (AvgIpc) is 2.32. The zero-order chi connectivity index (χ0) is 13.4. The summed E-state index contributed by atoms with van der Waals surface area (Å²) in [6.07, 6.45) is 3.41. The van der Waals surface area contributed by atoms with E-state index in [2.05, 4.69) is 11.6 Å². The van der Waals surface area contributed by atoms with Gasteiger partial charge in [0.05, 0.1) is 5.75 Å². The van der Waals surface area contributed by atoms with Crippen molar-refractivity contribution < 1.29 is 8.42 Å². The van der Waals surface area contributed by atoms with Gasteiger partial charge in [-0.25, -0.2) is 8.42 Å². The van der Waals surface area contributed by atoms with Gasteiger partial charge in [-0.3, -0.25) is 4.72 Å². The van der Waals surface area contributed by atoms with Crippen molar-refractivity contribution in [3.63, 3.8) is 0 Å². The molecule has 1 rings (SSSR count). The van der Waals surface area contributed by atoms with Gasteiger partial charge in [0.15, 0.2) is 0 Å². The molecule has 0 atom stereocenters. The van der Waals surface area contributed by atoms with Crippen LogP contribution in [0.4, 0.5) is 5.69 Å². The molecule has 0 unspecified atom stereocenters. The van der Waals surface area contributed by atoms with Crippen molar-refractivity contribution in [1.29, 1.82) is 0 Å². The van der Waals surface area contributed by atoms with E-state index in [9.17, 15) is 8.42 Å². The predicted octanol–water partition coefficient (Wildman–Crippen LogP) is 3.40. The molecule has 0 amide bonds. The van der Waals surface area contributed by atoms with Gasteiger partial charge in [0, 0.05) is 11.6 Å². The van der Waals surface area contributed by atoms with Crippen molar-refractivity contribution >= 4 is 27.3 Å². The summed E-state index contributed by atoms with van der Waals surface area (Å²) < 4.78 is 26.0. The van der Waals surface area contributed by atoms with Crippen LogP contribution in [-0.4, -0.2) is 20.1 Å². The quantitative estimate of drug-likeness (QED) is 0.589. The first-order valence-corrected chi connectivity index (χ1v) is 8.41. The van der Waals surface area contributed by atoms with Crippen molar-refractivity contribution in [1.82, 2.24) is 0 Å². The molecular weight excluding hydrogens is 270 g/mol. The smallest absolute Gasteiger partial charge is 0.232 e. The van der Waals surface area contributed by atoms with Gasteiger partial charge in [-0.15, -0.1) is 11.6 Å². The fourth-order valence-corrected chi connectivity index (χ4v) is 3.02. The topological polar surface area (TPSA) is 46.2 Å². The predicted molar refractivity (Wildman–Crippen MR) is 77.8 cm³/mol. The van der Waals surface area contributed by atoms with Crippen LogP contribution < -0.4 is 4.72 Å². The number of anilines is 1. The van der Waals surface area contributed by atoms with Crippen LogP contribution in [0, 0.1) is 0 Å². The highest BCUT2D eigenvalue weighted by Gasteiger charge is 2.09. The molecule has 0 bridgehead atoms. The summed E-state index contributed by atoms with van der Waals surface area (Å²) in [6.45, 7) is 2.12. The zero-order valence-electron chi connectivity index (χ0n) is 10.7. The molecule has 0 saturated heterocycles. The SMILES string of the molecule is CCCc1ccc(NS(=O)(=O)CCCCCl)cc1. The van der Waals surface area contributed by atoms with Crippen LogP contribution in [0.25, 0.3) is 0 Å². The number of hydrogen-bond acceptors (Lipinski definition) is 2. The van der Waals surface area contributed by atoms with E-state index in [1.807, 2.05) is 24.3 Å². The Kier molecular flexibility index (Phi) is 6.50. The maximum absolute atomic E-state index is 11.7. The van der Waals surface area contributed by atoms with E-state index in [0.717, 1.165) is 19.3 Å². The minimum Gasteiger partial charge on any atom is -0.284 e. The summed E-state index contributed by atoms with van der Waals surface area (Å²) in [5.41, 5.74) is 1.85. The molecule has 102 valence electrons. The molecule has 0 fully saturated rings. The number of rotatable bonds is 8. The molecule has 0 heterocycles.